The van der Waals surface area contributed by atoms with E-state index in [0.717, 1.165) is 53.8 Å². The molecule has 0 bridgehead atoms. The number of anilines is 2. The van der Waals surface area contributed by atoms with E-state index < -0.39 is 0 Å². The van der Waals surface area contributed by atoms with Gasteiger partial charge in [-0.1, -0.05) is 0 Å². The van der Waals surface area contributed by atoms with Gasteiger partial charge in [0.2, 0.25) is 0 Å². The van der Waals surface area contributed by atoms with Crippen molar-refractivity contribution in [3.8, 4) is 11.4 Å². The number of pyridine rings is 1. The van der Waals surface area contributed by atoms with Crippen LogP contribution in [0.2, 0.25) is 0 Å². The van der Waals surface area contributed by atoms with Crippen molar-refractivity contribution in [2.75, 3.05) is 43.9 Å². The maximum atomic E-state index is 12.6. The second kappa shape index (κ2) is 6.65. The normalized spacial score (nSPS) is 16.1. The Kier molecular flexibility index (Phi) is 4.10. The van der Waals surface area contributed by atoms with Crippen LogP contribution in [0.3, 0.4) is 0 Å². The largest absolute Gasteiger partial charge is 0.397 e. The second-order valence-electron chi connectivity index (χ2n) is 7.34. The fraction of sp³-hybridized carbons (Fsp3) is 0.300. The Morgan fingerprint density at radius 3 is 2.93 bits per heavy atom. The molecule has 0 spiro atoms. The summed E-state index contributed by atoms with van der Waals surface area (Å²) in [5.41, 5.74) is 9.87. The van der Waals surface area contributed by atoms with E-state index in [1.165, 1.54) is 17.0 Å². The smallest absolute Gasteiger partial charge is 0.262 e. The summed E-state index contributed by atoms with van der Waals surface area (Å²) >= 11 is 1.47. The summed E-state index contributed by atoms with van der Waals surface area (Å²) in [5, 5.41) is 2.78. The standard InChI is InChI=1S/C20H22N6OS/c1-25-6-2-7-26(9-8-25)12-3-4-14-15(11-12)23-18(22-14)16-17(21)13-5-10-28-20(13)24-19(16)27/h3-5,10-11H,2,6-9H2,1H3,(H,22,23)(H3,21,24,27). The molecule has 3 aromatic heterocycles. The molecule has 4 heterocycles. The van der Waals surface area contributed by atoms with Gasteiger partial charge < -0.3 is 25.5 Å². The number of benzene rings is 1. The Morgan fingerprint density at radius 2 is 2.04 bits per heavy atom. The van der Waals surface area contributed by atoms with Crippen LogP contribution >= 0.6 is 11.3 Å². The molecule has 0 saturated carbocycles. The van der Waals surface area contributed by atoms with Crippen molar-refractivity contribution in [3.05, 3.63) is 40.0 Å². The number of hydrogen-bond acceptors (Lipinski definition) is 6. The van der Waals surface area contributed by atoms with E-state index in [-0.39, 0.29) is 5.56 Å². The minimum absolute atomic E-state index is 0.220. The summed E-state index contributed by atoms with van der Waals surface area (Å²) < 4.78 is 0. The number of hydrogen-bond donors (Lipinski definition) is 3. The van der Waals surface area contributed by atoms with E-state index in [2.05, 4.69) is 43.9 Å². The van der Waals surface area contributed by atoms with E-state index in [9.17, 15) is 4.79 Å². The fourth-order valence-electron chi connectivity index (χ4n) is 3.89. The van der Waals surface area contributed by atoms with Gasteiger partial charge in [-0.05, 0) is 49.7 Å². The number of rotatable bonds is 2. The van der Waals surface area contributed by atoms with Crippen molar-refractivity contribution in [1.29, 1.82) is 0 Å². The van der Waals surface area contributed by atoms with Gasteiger partial charge in [-0.15, -0.1) is 11.3 Å². The molecule has 0 atom stereocenters. The first-order valence-electron chi connectivity index (χ1n) is 9.43. The lowest BCUT2D eigenvalue weighted by atomic mass is 10.2. The van der Waals surface area contributed by atoms with Gasteiger partial charge >= 0.3 is 0 Å². The van der Waals surface area contributed by atoms with Crippen molar-refractivity contribution in [2.24, 2.45) is 0 Å². The van der Waals surface area contributed by atoms with Crippen LogP contribution in [0.25, 0.3) is 32.6 Å². The number of H-pyrrole nitrogens is 2. The summed E-state index contributed by atoms with van der Waals surface area (Å²) in [6.07, 6.45) is 1.15. The van der Waals surface area contributed by atoms with Crippen molar-refractivity contribution in [3.63, 3.8) is 0 Å². The van der Waals surface area contributed by atoms with E-state index in [1.54, 1.807) is 0 Å². The number of likely N-dealkylation sites (N-methyl/N-ethyl adjacent to an activating group) is 1. The first-order chi connectivity index (χ1) is 13.6. The molecule has 1 aliphatic heterocycles. The second-order valence-corrected chi connectivity index (χ2v) is 8.25. The van der Waals surface area contributed by atoms with Crippen LogP contribution in [0.1, 0.15) is 6.42 Å². The molecule has 4 N–H and O–H groups in total. The van der Waals surface area contributed by atoms with Gasteiger partial charge in [0.1, 0.15) is 16.2 Å². The van der Waals surface area contributed by atoms with Crippen molar-refractivity contribution >= 4 is 44.0 Å². The number of nitrogens with two attached hydrogens (primary N) is 1. The van der Waals surface area contributed by atoms with Gasteiger partial charge in [0, 0.05) is 30.7 Å². The van der Waals surface area contributed by atoms with Crippen LogP contribution in [-0.2, 0) is 0 Å². The summed E-state index contributed by atoms with van der Waals surface area (Å²) in [7, 11) is 2.17. The zero-order chi connectivity index (χ0) is 19.3. The third-order valence-electron chi connectivity index (χ3n) is 5.47. The molecule has 1 aliphatic rings. The third kappa shape index (κ3) is 2.85. The molecule has 1 saturated heterocycles. The van der Waals surface area contributed by atoms with Gasteiger partial charge in [-0.3, -0.25) is 4.79 Å². The minimum atomic E-state index is -0.220. The molecule has 7 nitrogen and oxygen atoms in total. The Hall–Kier alpha value is -2.84. The first kappa shape index (κ1) is 17.3. The molecule has 1 fully saturated rings. The van der Waals surface area contributed by atoms with Crippen LogP contribution in [0.15, 0.2) is 34.4 Å². The number of nitrogens with one attached hydrogen (secondary N) is 2. The van der Waals surface area contributed by atoms with Crippen LogP contribution in [0.4, 0.5) is 11.4 Å². The monoisotopic (exact) mass is 394 g/mol. The predicted molar refractivity (Wildman–Crippen MR) is 116 cm³/mol. The molecule has 0 aliphatic carbocycles. The maximum absolute atomic E-state index is 12.6. The zero-order valence-electron chi connectivity index (χ0n) is 15.7. The van der Waals surface area contributed by atoms with E-state index >= 15 is 0 Å². The number of nitrogen functional groups attached to an aromatic ring is 1. The number of thiophene rings is 1. The van der Waals surface area contributed by atoms with Gasteiger partial charge in [-0.25, -0.2) is 4.98 Å². The molecule has 1 aromatic carbocycles. The number of imidazole rings is 1. The third-order valence-corrected chi connectivity index (χ3v) is 6.30. The lowest BCUT2D eigenvalue weighted by Crippen LogP contribution is -2.28. The highest BCUT2D eigenvalue weighted by atomic mass is 32.1. The summed E-state index contributed by atoms with van der Waals surface area (Å²) in [6.45, 7) is 4.22. The van der Waals surface area contributed by atoms with Crippen molar-refractivity contribution in [2.45, 2.75) is 6.42 Å². The van der Waals surface area contributed by atoms with Gasteiger partial charge in [0.05, 0.1) is 16.7 Å². The Bertz CT molecular complexity index is 1220. The predicted octanol–water partition coefficient (Wildman–Crippen LogP) is 2.86. The molecule has 28 heavy (non-hydrogen) atoms. The molecule has 144 valence electrons. The molecular weight excluding hydrogens is 372 g/mol. The van der Waals surface area contributed by atoms with Crippen molar-refractivity contribution < 1.29 is 0 Å². The highest BCUT2D eigenvalue weighted by Crippen LogP contribution is 2.31. The summed E-state index contributed by atoms with van der Waals surface area (Å²) in [5.74, 6) is 0.509. The molecule has 4 aromatic rings. The van der Waals surface area contributed by atoms with Crippen LogP contribution in [-0.4, -0.2) is 53.1 Å². The Morgan fingerprint density at radius 1 is 1.14 bits per heavy atom. The minimum Gasteiger partial charge on any atom is -0.397 e. The average molecular weight is 395 g/mol. The van der Waals surface area contributed by atoms with E-state index in [1.807, 2.05) is 17.5 Å². The SMILES string of the molecule is CN1CCCN(c2ccc3nc(-c4c(N)c5ccsc5[nH]c4=O)[nH]c3c2)CC1. The first-order valence-corrected chi connectivity index (χ1v) is 10.3. The van der Waals surface area contributed by atoms with Gasteiger partial charge in [0.25, 0.3) is 5.56 Å². The molecule has 0 amide bonds. The highest BCUT2D eigenvalue weighted by molar-refractivity contribution is 7.16. The number of aromatic nitrogens is 3. The average Bonchev–Trinajstić information content (AvgIpc) is 3.24. The molecule has 8 heteroatoms. The molecule has 0 unspecified atom stereocenters. The maximum Gasteiger partial charge on any atom is 0.262 e. The van der Waals surface area contributed by atoms with Gasteiger partial charge in [0.15, 0.2) is 0 Å². The summed E-state index contributed by atoms with van der Waals surface area (Å²) in [4.78, 5) is 29.0. The fourth-order valence-corrected chi connectivity index (χ4v) is 4.69. The Balaban J connectivity index is 1.57. The number of fused-ring (bicyclic) bond motifs is 2. The molecule has 5 rings (SSSR count). The van der Waals surface area contributed by atoms with E-state index in [4.69, 9.17) is 5.73 Å². The van der Waals surface area contributed by atoms with Crippen LogP contribution in [0.5, 0.6) is 0 Å². The molecular formula is C20H22N6OS. The quantitative estimate of drug-likeness (QED) is 0.486. The van der Waals surface area contributed by atoms with E-state index in [0.29, 0.717) is 17.1 Å². The Labute approximate surface area is 165 Å². The zero-order valence-corrected chi connectivity index (χ0v) is 16.5. The van der Waals surface area contributed by atoms with Gasteiger partial charge in [-0.2, -0.15) is 0 Å². The van der Waals surface area contributed by atoms with Crippen LogP contribution < -0.4 is 16.2 Å². The van der Waals surface area contributed by atoms with Crippen molar-refractivity contribution in [1.82, 2.24) is 19.9 Å². The molecule has 0 radical (unpaired) electrons. The lowest BCUT2D eigenvalue weighted by Gasteiger charge is -2.22. The topological polar surface area (TPSA) is 94.0 Å². The lowest BCUT2D eigenvalue weighted by molar-refractivity contribution is 0.360. The van der Waals surface area contributed by atoms with Crippen LogP contribution in [0, 0.1) is 0 Å². The number of aromatic amines is 2. The summed E-state index contributed by atoms with van der Waals surface area (Å²) in [6, 6.07) is 8.15. The highest BCUT2D eigenvalue weighted by Gasteiger charge is 2.18. The number of nitrogens with zero attached hydrogens (tertiary/aromatic N) is 3.